The summed E-state index contributed by atoms with van der Waals surface area (Å²) in [4.78, 5) is 12.2. The van der Waals surface area contributed by atoms with Crippen LogP contribution in [0.15, 0.2) is 17.6 Å². The zero-order valence-corrected chi connectivity index (χ0v) is 8.43. The minimum absolute atomic E-state index is 0.255. The Labute approximate surface area is 84.5 Å². The zero-order valence-electron chi connectivity index (χ0n) is 6.86. The van der Waals surface area contributed by atoms with E-state index in [4.69, 9.17) is 11.6 Å². The van der Waals surface area contributed by atoms with Crippen LogP contribution in [0.25, 0.3) is 10.7 Å². The van der Waals surface area contributed by atoms with Crippen molar-refractivity contribution < 1.29 is 0 Å². The van der Waals surface area contributed by atoms with Gasteiger partial charge in [-0.25, -0.2) is 15.0 Å². The van der Waals surface area contributed by atoms with Gasteiger partial charge >= 0.3 is 0 Å². The van der Waals surface area contributed by atoms with E-state index in [0.717, 1.165) is 16.4 Å². The topological polar surface area (TPSA) is 38.7 Å². The lowest BCUT2D eigenvalue weighted by Crippen LogP contribution is -1.85. The third-order valence-electron chi connectivity index (χ3n) is 1.46. The summed E-state index contributed by atoms with van der Waals surface area (Å²) in [5, 5.41) is 3.11. The van der Waals surface area contributed by atoms with Gasteiger partial charge in [-0.2, -0.15) is 0 Å². The first kappa shape index (κ1) is 8.59. The Morgan fingerprint density at radius 2 is 2.23 bits per heavy atom. The van der Waals surface area contributed by atoms with E-state index in [1.54, 1.807) is 23.6 Å². The SMILES string of the molecule is Cc1csc(-c2ccnc(Cl)n2)n1. The quantitative estimate of drug-likeness (QED) is 0.681. The fourth-order valence-electron chi connectivity index (χ4n) is 0.926. The minimum Gasteiger partial charge on any atom is -0.240 e. The molecule has 0 N–H and O–H groups in total. The van der Waals surface area contributed by atoms with Crippen LogP contribution in [0.5, 0.6) is 0 Å². The smallest absolute Gasteiger partial charge is 0.222 e. The second-order valence-electron chi connectivity index (χ2n) is 2.50. The highest BCUT2D eigenvalue weighted by atomic mass is 35.5. The summed E-state index contributed by atoms with van der Waals surface area (Å²) < 4.78 is 0. The molecule has 0 aliphatic carbocycles. The standard InChI is InChI=1S/C8H6ClN3S/c1-5-4-13-7(11-5)6-2-3-10-8(9)12-6/h2-4H,1H3. The lowest BCUT2D eigenvalue weighted by Gasteiger charge is -1.93. The molecule has 13 heavy (non-hydrogen) atoms. The molecular formula is C8H6ClN3S. The molecule has 2 rings (SSSR count). The molecule has 0 atom stereocenters. The van der Waals surface area contributed by atoms with E-state index in [-0.39, 0.29) is 5.28 Å². The molecule has 0 unspecified atom stereocenters. The van der Waals surface area contributed by atoms with Crippen molar-refractivity contribution in [1.29, 1.82) is 0 Å². The van der Waals surface area contributed by atoms with Crippen LogP contribution in [0, 0.1) is 6.92 Å². The highest BCUT2D eigenvalue weighted by Gasteiger charge is 2.04. The molecule has 5 heteroatoms. The minimum atomic E-state index is 0.255. The van der Waals surface area contributed by atoms with Crippen LogP contribution in [-0.4, -0.2) is 15.0 Å². The van der Waals surface area contributed by atoms with Gasteiger partial charge in [0.15, 0.2) is 0 Å². The zero-order chi connectivity index (χ0) is 9.26. The Morgan fingerprint density at radius 3 is 2.85 bits per heavy atom. The molecule has 2 aromatic heterocycles. The van der Waals surface area contributed by atoms with Gasteiger partial charge in [-0.1, -0.05) is 0 Å². The molecule has 3 nitrogen and oxygen atoms in total. The predicted octanol–water partition coefficient (Wildman–Crippen LogP) is 2.56. The van der Waals surface area contributed by atoms with Gasteiger partial charge in [0.2, 0.25) is 5.28 Å². The fraction of sp³-hybridized carbons (Fsp3) is 0.125. The van der Waals surface area contributed by atoms with E-state index in [1.165, 1.54) is 0 Å². The third kappa shape index (κ3) is 1.84. The Balaban J connectivity index is 2.46. The summed E-state index contributed by atoms with van der Waals surface area (Å²) in [5.74, 6) is 0. The summed E-state index contributed by atoms with van der Waals surface area (Å²) in [7, 11) is 0. The third-order valence-corrected chi connectivity index (χ3v) is 2.63. The Kier molecular flexibility index (Phi) is 2.24. The van der Waals surface area contributed by atoms with Crippen molar-refractivity contribution in [1.82, 2.24) is 15.0 Å². The van der Waals surface area contributed by atoms with Crippen LogP contribution in [-0.2, 0) is 0 Å². The number of halogens is 1. The maximum atomic E-state index is 5.66. The van der Waals surface area contributed by atoms with Crippen LogP contribution in [0.4, 0.5) is 0 Å². The summed E-state index contributed by atoms with van der Waals surface area (Å²) in [6, 6.07) is 1.80. The molecule has 66 valence electrons. The van der Waals surface area contributed by atoms with Crippen LogP contribution in [0.1, 0.15) is 5.69 Å². The van der Waals surface area contributed by atoms with Gasteiger partial charge in [0.1, 0.15) is 10.7 Å². The van der Waals surface area contributed by atoms with Gasteiger partial charge < -0.3 is 0 Å². The molecule has 0 bridgehead atoms. The number of hydrogen-bond donors (Lipinski definition) is 0. The van der Waals surface area contributed by atoms with Crippen LogP contribution >= 0.6 is 22.9 Å². The van der Waals surface area contributed by atoms with E-state index >= 15 is 0 Å². The number of thiazole rings is 1. The Hall–Kier alpha value is -1.00. The van der Waals surface area contributed by atoms with Crippen molar-refractivity contribution in [2.45, 2.75) is 6.92 Å². The van der Waals surface area contributed by atoms with E-state index in [2.05, 4.69) is 15.0 Å². The lowest BCUT2D eigenvalue weighted by atomic mass is 10.4. The van der Waals surface area contributed by atoms with E-state index in [1.807, 2.05) is 12.3 Å². The normalized spacial score (nSPS) is 10.3. The van der Waals surface area contributed by atoms with Crippen molar-refractivity contribution >= 4 is 22.9 Å². The van der Waals surface area contributed by atoms with Gasteiger partial charge in [0, 0.05) is 17.3 Å². The first-order valence-corrected chi connectivity index (χ1v) is 4.92. The molecule has 0 aliphatic rings. The maximum absolute atomic E-state index is 5.66. The highest BCUT2D eigenvalue weighted by Crippen LogP contribution is 2.21. The average Bonchev–Trinajstić information content (AvgIpc) is 2.52. The van der Waals surface area contributed by atoms with E-state index in [9.17, 15) is 0 Å². The molecular weight excluding hydrogens is 206 g/mol. The molecule has 0 radical (unpaired) electrons. The van der Waals surface area contributed by atoms with Crippen LogP contribution in [0.2, 0.25) is 5.28 Å². The van der Waals surface area contributed by atoms with Crippen molar-refractivity contribution in [3.63, 3.8) is 0 Å². The first-order valence-electron chi connectivity index (χ1n) is 3.67. The second-order valence-corrected chi connectivity index (χ2v) is 3.70. The van der Waals surface area contributed by atoms with Gasteiger partial charge in [-0.3, -0.25) is 0 Å². The number of nitrogens with zero attached hydrogens (tertiary/aromatic N) is 3. The second kappa shape index (κ2) is 3.40. The summed E-state index contributed by atoms with van der Waals surface area (Å²) >= 11 is 7.21. The average molecular weight is 212 g/mol. The lowest BCUT2D eigenvalue weighted by molar-refractivity contribution is 1.16. The van der Waals surface area contributed by atoms with Crippen molar-refractivity contribution in [3.8, 4) is 10.7 Å². The van der Waals surface area contributed by atoms with Gasteiger partial charge in [-0.05, 0) is 24.6 Å². The molecule has 0 aliphatic heterocycles. The summed E-state index contributed by atoms with van der Waals surface area (Å²) in [5.41, 5.74) is 1.77. The number of hydrogen-bond acceptors (Lipinski definition) is 4. The predicted molar refractivity (Wildman–Crippen MR) is 52.9 cm³/mol. The monoisotopic (exact) mass is 211 g/mol. The van der Waals surface area contributed by atoms with Gasteiger partial charge in [-0.15, -0.1) is 11.3 Å². The highest BCUT2D eigenvalue weighted by molar-refractivity contribution is 7.13. The molecule has 2 aromatic rings. The van der Waals surface area contributed by atoms with Crippen molar-refractivity contribution in [2.75, 3.05) is 0 Å². The number of aryl methyl sites for hydroxylation is 1. The van der Waals surface area contributed by atoms with Gasteiger partial charge in [0.25, 0.3) is 0 Å². The Morgan fingerprint density at radius 1 is 1.38 bits per heavy atom. The molecule has 0 spiro atoms. The molecule has 0 saturated heterocycles. The molecule has 0 amide bonds. The van der Waals surface area contributed by atoms with Crippen molar-refractivity contribution in [3.05, 3.63) is 28.6 Å². The van der Waals surface area contributed by atoms with Crippen molar-refractivity contribution in [2.24, 2.45) is 0 Å². The van der Waals surface area contributed by atoms with Crippen LogP contribution in [0.3, 0.4) is 0 Å². The summed E-state index contributed by atoms with van der Waals surface area (Å²) in [6.07, 6.45) is 1.63. The van der Waals surface area contributed by atoms with E-state index < -0.39 is 0 Å². The Bertz CT molecular complexity index is 427. The fourth-order valence-corrected chi connectivity index (χ4v) is 1.84. The van der Waals surface area contributed by atoms with Gasteiger partial charge in [0.05, 0.1) is 0 Å². The number of aromatic nitrogens is 3. The van der Waals surface area contributed by atoms with Crippen LogP contribution < -0.4 is 0 Å². The molecule has 0 aromatic carbocycles. The molecule has 0 fully saturated rings. The summed E-state index contributed by atoms with van der Waals surface area (Å²) in [6.45, 7) is 1.95. The first-order chi connectivity index (χ1) is 6.25. The molecule has 2 heterocycles. The maximum Gasteiger partial charge on any atom is 0.222 e. The largest absolute Gasteiger partial charge is 0.240 e. The number of rotatable bonds is 1. The van der Waals surface area contributed by atoms with E-state index in [0.29, 0.717) is 0 Å². The molecule has 0 saturated carbocycles.